The molecule has 0 saturated carbocycles. The first-order valence-electron chi connectivity index (χ1n) is 5.30. The van der Waals surface area contributed by atoms with Crippen LogP contribution in [0.3, 0.4) is 0 Å². The van der Waals surface area contributed by atoms with E-state index < -0.39 is 0 Å². The van der Waals surface area contributed by atoms with Crippen LogP contribution in [0.5, 0.6) is 0 Å². The molecule has 16 heavy (non-hydrogen) atoms. The minimum atomic E-state index is -0.132. The lowest BCUT2D eigenvalue weighted by Gasteiger charge is -2.10. The molecule has 0 saturated heterocycles. The first-order valence-corrected chi connectivity index (χ1v) is 5.30. The molecule has 0 aliphatic heterocycles. The number of rotatable bonds is 5. The van der Waals surface area contributed by atoms with Gasteiger partial charge in [0.2, 0.25) is 0 Å². The number of nitrogens with two attached hydrogens (primary N) is 1. The van der Waals surface area contributed by atoms with Crippen LogP contribution in [0.15, 0.2) is 6.07 Å². The van der Waals surface area contributed by atoms with Crippen LogP contribution in [0.1, 0.15) is 17.4 Å². The summed E-state index contributed by atoms with van der Waals surface area (Å²) >= 11 is 0. The number of hydrogen-bond donors (Lipinski definition) is 2. The smallest absolute Gasteiger partial charge is 0.269 e. The summed E-state index contributed by atoms with van der Waals surface area (Å²) in [5, 5.41) is 6.84. The molecule has 1 aromatic rings. The van der Waals surface area contributed by atoms with Gasteiger partial charge >= 0.3 is 0 Å². The molecule has 3 N–H and O–H groups in total. The quantitative estimate of drug-likeness (QED) is 0.726. The van der Waals surface area contributed by atoms with Crippen molar-refractivity contribution in [2.24, 2.45) is 0 Å². The Morgan fingerprint density at radius 2 is 2.31 bits per heavy atom. The standard InChI is InChI=1S/C10H19N5O/c1-4-15-8(7-9(11)13-15)10(16)12-5-6-14(2)3/h7H,4-6H2,1-3H3,(H2,11,13)(H,12,16). The maximum atomic E-state index is 11.8. The van der Waals surface area contributed by atoms with E-state index in [2.05, 4.69) is 10.4 Å². The Bertz CT molecular complexity index is 358. The van der Waals surface area contributed by atoms with E-state index >= 15 is 0 Å². The Kier molecular flexibility index (Phi) is 4.30. The summed E-state index contributed by atoms with van der Waals surface area (Å²) in [6.45, 7) is 3.97. The van der Waals surface area contributed by atoms with Crippen LogP contribution in [0, 0.1) is 0 Å². The van der Waals surface area contributed by atoms with Crippen molar-refractivity contribution in [2.75, 3.05) is 32.9 Å². The Balaban J connectivity index is 2.58. The van der Waals surface area contributed by atoms with Crippen LogP contribution in [0.25, 0.3) is 0 Å². The van der Waals surface area contributed by atoms with Crippen molar-refractivity contribution < 1.29 is 4.79 Å². The minimum absolute atomic E-state index is 0.132. The minimum Gasteiger partial charge on any atom is -0.382 e. The SMILES string of the molecule is CCn1nc(N)cc1C(=O)NCCN(C)C. The van der Waals surface area contributed by atoms with Crippen molar-refractivity contribution in [1.29, 1.82) is 0 Å². The number of aromatic nitrogens is 2. The molecule has 0 radical (unpaired) electrons. The number of aryl methyl sites for hydroxylation is 1. The fourth-order valence-electron chi connectivity index (χ4n) is 1.34. The largest absolute Gasteiger partial charge is 0.382 e. The van der Waals surface area contributed by atoms with Gasteiger partial charge in [-0.05, 0) is 21.0 Å². The van der Waals surface area contributed by atoms with Crippen LogP contribution in [0.2, 0.25) is 0 Å². The fraction of sp³-hybridized carbons (Fsp3) is 0.600. The monoisotopic (exact) mass is 225 g/mol. The van der Waals surface area contributed by atoms with E-state index in [9.17, 15) is 4.79 Å². The highest BCUT2D eigenvalue weighted by molar-refractivity contribution is 5.93. The van der Waals surface area contributed by atoms with Gasteiger partial charge in [0.05, 0.1) is 0 Å². The maximum absolute atomic E-state index is 11.8. The Labute approximate surface area is 95.4 Å². The lowest BCUT2D eigenvalue weighted by molar-refractivity contribution is 0.0940. The molecule has 1 amide bonds. The molecular weight excluding hydrogens is 206 g/mol. The van der Waals surface area contributed by atoms with E-state index in [1.165, 1.54) is 0 Å². The van der Waals surface area contributed by atoms with Crippen molar-refractivity contribution in [3.8, 4) is 0 Å². The molecule has 0 atom stereocenters. The molecule has 0 bridgehead atoms. The van der Waals surface area contributed by atoms with Crippen LogP contribution in [-0.4, -0.2) is 47.8 Å². The molecule has 0 spiro atoms. The number of nitrogens with zero attached hydrogens (tertiary/aromatic N) is 3. The highest BCUT2D eigenvalue weighted by atomic mass is 16.2. The second kappa shape index (κ2) is 5.50. The van der Waals surface area contributed by atoms with Gasteiger partial charge in [0.25, 0.3) is 5.91 Å². The van der Waals surface area contributed by atoms with Crippen LogP contribution in [0.4, 0.5) is 5.82 Å². The average molecular weight is 225 g/mol. The third kappa shape index (κ3) is 3.23. The number of likely N-dealkylation sites (N-methyl/N-ethyl adjacent to an activating group) is 1. The normalized spacial score (nSPS) is 10.8. The highest BCUT2D eigenvalue weighted by Gasteiger charge is 2.12. The zero-order chi connectivity index (χ0) is 12.1. The lowest BCUT2D eigenvalue weighted by atomic mass is 10.3. The molecule has 1 aromatic heterocycles. The van der Waals surface area contributed by atoms with E-state index in [4.69, 9.17) is 5.73 Å². The zero-order valence-corrected chi connectivity index (χ0v) is 10.0. The zero-order valence-electron chi connectivity index (χ0n) is 10.0. The predicted molar refractivity (Wildman–Crippen MR) is 63.2 cm³/mol. The molecule has 6 heteroatoms. The van der Waals surface area contributed by atoms with Crippen molar-refractivity contribution in [2.45, 2.75) is 13.5 Å². The Hall–Kier alpha value is -1.56. The Morgan fingerprint density at radius 3 is 2.88 bits per heavy atom. The van der Waals surface area contributed by atoms with Gasteiger partial charge in [-0.3, -0.25) is 9.48 Å². The molecular formula is C10H19N5O. The molecule has 0 aromatic carbocycles. The van der Waals surface area contributed by atoms with Crippen molar-refractivity contribution in [1.82, 2.24) is 20.0 Å². The molecule has 0 fully saturated rings. The van der Waals surface area contributed by atoms with Crippen LogP contribution >= 0.6 is 0 Å². The summed E-state index contributed by atoms with van der Waals surface area (Å²) in [5.74, 6) is 0.243. The number of hydrogen-bond acceptors (Lipinski definition) is 4. The molecule has 0 unspecified atom stereocenters. The number of nitrogen functional groups attached to an aromatic ring is 1. The van der Waals surface area contributed by atoms with Gasteiger partial charge in [0, 0.05) is 25.7 Å². The summed E-state index contributed by atoms with van der Waals surface area (Å²) in [4.78, 5) is 13.8. The average Bonchev–Trinajstić information content (AvgIpc) is 2.59. The van der Waals surface area contributed by atoms with Gasteiger partial charge in [0.1, 0.15) is 11.5 Å². The molecule has 6 nitrogen and oxygen atoms in total. The fourth-order valence-corrected chi connectivity index (χ4v) is 1.34. The van der Waals surface area contributed by atoms with Gasteiger partial charge in [0.15, 0.2) is 0 Å². The maximum Gasteiger partial charge on any atom is 0.269 e. The van der Waals surface area contributed by atoms with Crippen LogP contribution < -0.4 is 11.1 Å². The van der Waals surface area contributed by atoms with E-state index in [1.54, 1.807) is 10.7 Å². The third-order valence-corrected chi connectivity index (χ3v) is 2.18. The van der Waals surface area contributed by atoms with Gasteiger partial charge in [-0.15, -0.1) is 0 Å². The number of anilines is 1. The van der Waals surface area contributed by atoms with E-state index in [1.807, 2.05) is 25.9 Å². The van der Waals surface area contributed by atoms with E-state index in [-0.39, 0.29) is 5.91 Å². The van der Waals surface area contributed by atoms with Gasteiger partial charge < -0.3 is 16.0 Å². The summed E-state index contributed by atoms with van der Waals surface area (Å²) in [5.41, 5.74) is 6.06. The number of nitrogens with one attached hydrogen (secondary N) is 1. The van der Waals surface area contributed by atoms with Gasteiger partial charge in [-0.2, -0.15) is 5.10 Å². The molecule has 0 aliphatic rings. The first kappa shape index (κ1) is 12.5. The molecule has 1 rings (SSSR count). The summed E-state index contributed by atoms with van der Waals surface area (Å²) in [7, 11) is 3.92. The van der Waals surface area contributed by atoms with Crippen molar-refractivity contribution in [3.63, 3.8) is 0 Å². The summed E-state index contributed by atoms with van der Waals surface area (Å²) < 4.78 is 1.60. The predicted octanol–water partition coefficient (Wildman–Crippen LogP) is -0.223. The number of amides is 1. The number of carbonyl (C=O) groups excluding carboxylic acids is 1. The first-order chi connectivity index (χ1) is 7.54. The van der Waals surface area contributed by atoms with Crippen LogP contribution in [-0.2, 0) is 6.54 Å². The molecule has 0 aliphatic carbocycles. The highest BCUT2D eigenvalue weighted by Crippen LogP contribution is 2.05. The number of carbonyl (C=O) groups is 1. The van der Waals surface area contributed by atoms with E-state index in [0.29, 0.717) is 24.6 Å². The topological polar surface area (TPSA) is 76.2 Å². The van der Waals surface area contributed by atoms with Gasteiger partial charge in [-0.25, -0.2) is 0 Å². The Morgan fingerprint density at radius 1 is 1.62 bits per heavy atom. The van der Waals surface area contributed by atoms with E-state index in [0.717, 1.165) is 6.54 Å². The van der Waals surface area contributed by atoms with Crippen molar-refractivity contribution >= 4 is 11.7 Å². The summed E-state index contributed by atoms with van der Waals surface area (Å²) in [6.07, 6.45) is 0. The third-order valence-electron chi connectivity index (χ3n) is 2.18. The summed E-state index contributed by atoms with van der Waals surface area (Å²) in [6, 6.07) is 1.59. The second-order valence-electron chi connectivity index (χ2n) is 3.83. The molecule has 90 valence electrons. The van der Waals surface area contributed by atoms with Crippen molar-refractivity contribution in [3.05, 3.63) is 11.8 Å². The second-order valence-corrected chi connectivity index (χ2v) is 3.83. The molecule has 1 heterocycles. The lowest BCUT2D eigenvalue weighted by Crippen LogP contribution is -2.32. The van der Waals surface area contributed by atoms with Gasteiger partial charge in [-0.1, -0.05) is 0 Å².